The largest absolute Gasteiger partial charge is 0.495 e. The molecule has 0 aromatic heterocycles. The Morgan fingerprint density at radius 2 is 1.74 bits per heavy atom. The number of alkyl halides is 3. The fourth-order valence-corrected chi connectivity index (χ4v) is 4.75. The van der Waals surface area contributed by atoms with Gasteiger partial charge in [0.2, 0.25) is 0 Å². The van der Waals surface area contributed by atoms with Crippen LogP contribution in [0.4, 0.5) is 13.2 Å². The van der Waals surface area contributed by atoms with E-state index >= 15 is 0 Å². The Labute approximate surface area is 188 Å². The molecule has 2 aromatic carbocycles. The van der Waals surface area contributed by atoms with Crippen molar-refractivity contribution in [2.45, 2.75) is 44.4 Å². The average molecular weight is 499 g/mol. The van der Waals surface area contributed by atoms with Gasteiger partial charge in [-0.2, -0.15) is 13.2 Å². The number of halogens is 4. The smallest absolute Gasteiger partial charge is 0.416 e. The molecule has 1 aliphatic rings. The highest BCUT2D eigenvalue weighted by Crippen LogP contribution is 2.39. The van der Waals surface area contributed by atoms with Crippen molar-refractivity contribution in [2.75, 3.05) is 20.2 Å². The third-order valence-corrected chi connectivity index (χ3v) is 6.44. The lowest BCUT2D eigenvalue weighted by Gasteiger charge is -2.42. The first kappa shape index (κ1) is 23.6. The predicted octanol–water partition coefficient (Wildman–Crippen LogP) is 5.82. The lowest BCUT2D eigenvalue weighted by molar-refractivity contribution is -0.137. The quantitative estimate of drug-likeness (QED) is 0.545. The number of amides is 1. The zero-order valence-corrected chi connectivity index (χ0v) is 19.3. The SMILES string of the molecule is COc1c(Br)cc(C(F)(F)F)cc1C(=O)NC(c1ccccc1)C(C)(C)N1CCCC1. The average Bonchev–Trinajstić information content (AvgIpc) is 3.27. The molecule has 0 bridgehead atoms. The minimum atomic E-state index is -4.59. The summed E-state index contributed by atoms with van der Waals surface area (Å²) in [7, 11) is 1.33. The Hall–Kier alpha value is -2.06. The maximum Gasteiger partial charge on any atom is 0.416 e. The zero-order valence-electron chi connectivity index (χ0n) is 17.7. The van der Waals surface area contributed by atoms with Crippen molar-refractivity contribution >= 4 is 21.8 Å². The Morgan fingerprint density at radius 3 is 2.29 bits per heavy atom. The first-order valence-electron chi connectivity index (χ1n) is 10.1. The summed E-state index contributed by atoms with van der Waals surface area (Å²) in [5.74, 6) is -0.555. The zero-order chi connectivity index (χ0) is 22.8. The van der Waals surface area contributed by atoms with Crippen LogP contribution < -0.4 is 10.1 Å². The van der Waals surface area contributed by atoms with E-state index in [1.807, 2.05) is 30.3 Å². The van der Waals surface area contributed by atoms with Crippen LogP contribution in [0.3, 0.4) is 0 Å². The van der Waals surface area contributed by atoms with E-state index in [2.05, 4.69) is 40.0 Å². The molecule has 1 heterocycles. The van der Waals surface area contributed by atoms with Crippen LogP contribution in [0.1, 0.15) is 54.2 Å². The molecule has 1 unspecified atom stereocenters. The van der Waals surface area contributed by atoms with Gasteiger partial charge in [-0.1, -0.05) is 30.3 Å². The van der Waals surface area contributed by atoms with Gasteiger partial charge < -0.3 is 10.1 Å². The highest BCUT2D eigenvalue weighted by molar-refractivity contribution is 9.10. The Morgan fingerprint density at radius 1 is 1.13 bits per heavy atom. The lowest BCUT2D eigenvalue weighted by Crippen LogP contribution is -2.52. The first-order chi connectivity index (χ1) is 14.6. The van der Waals surface area contributed by atoms with E-state index in [0.717, 1.165) is 43.6 Å². The molecule has 2 aromatic rings. The van der Waals surface area contributed by atoms with Crippen LogP contribution in [0.5, 0.6) is 5.75 Å². The molecule has 0 aliphatic carbocycles. The predicted molar refractivity (Wildman–Crippen MR) is 117 cm³/mol. The van der Waals surface area contributed by atoms with Crippen molar-refractivity contribution in [1.29, 1.82) is 0 Å². The number of nitrogens with zero attached hydrogens (tertiary/aromatic N) is 1. The van der Waals surface area contributed by atoms with E-state index < -0.39 is 29.2 Å². The summed E-state index contributed by atoms with van der Waals surface area (Å²) in [5, 5.41) is 3.00. The summed E-state index contributed by atoms with van der Waals surface area (Å²) in [6, 6.07) is 10.8. The molecule has 168 valence electrons. The van der Waals surface area contributed by atoms with Gasteiger partial charge in [-0.15, -0.1) is 0 Å². The molecule has 31 heavy (non-hydrogen) atoms. The first-order valence-corrected chi connectivity index (χ1v) is 10.9. The minimum Gasteiger partial charge on any atom is -0.495 e. The van der Waals surface area contributed by atoms with Gasteiger partial charge in [0.05, 0.1) is 28.8 Å². The van der Waals surface area contributed by atoms with Gasteiger partial charge >= 0.3 is 6.18 Å². The fraction of sp³-hybridized carbons (Fsp3) is 0.435. The van der Waals surface area contributed by atoms with Crippen molar-refractivity contribution in [3.8, 4) is 5.75 Å². The van der Waals surface area contributed by atoms with Gasteiger partial charge in [0.25, 0.3) is 5.91 Å². The molecule has 1 aliphatic heterocycles. The number of likely N-dealkylation sites (tertiary alicyclic amines) is 1. The molecule has 0 radical (unpaired) electrons. The Balaban J connectivity index is 2.02. The highest BCUT2D eigenvalue weighted by atomic mass is 79.9. The topological polar surface area (TPSA) is 41.6 Å². The number of hydrogen-bond donors (Lipinski definition) is 1. The molecule has 0 saturated carbocycles. The summed E-state index contributed by atoms with van der Waals surface area (Å²) in [5.41, 5.74) is -0.639. The third kappa shape index (κ3) is 5.06. The van der Waals surface area contributed by atoms with Crippen molar-refractivity contribution in [2.24, 2.45) is 0 Å². The number of methoxy groups -OCH3 is 1. The Bertz CT molecular complexity index is 926. The van der Waals surface area contributed by atoms with Crippen LogP contribution in [-0.4, -0.2) is 36.5 Å². The Kier molecular flexibility index (Phi) is 7.01. The fourth-order valence-electron chi connectivity index (χ4n) is 4.13. The van der Waals surface area contributed by atoms with Crippen LogP contribution in [0.25, 0.3) is 0 Å². The molecular weight excluding hydrogens is 473 g/mol. The maximum atomic E-state index is 13.4. The van der Waals surface area contributed by atoms with Crippen LogP contribution in [0.2, 0.25) is 0 Å². The maximum absolute atomic E-state index is 13.4. The van der Waals surface area contributed by atoms with Crippen molar-refractivity contribution in [1.82, 2.24) is 10.2 Å². The summed E-state index contributed by atoms with van der Waals surface area (Å²) >= 11 is 3.11. The van der Waals surface area contributed by atoms with Gasteiger partial charge in [-0.3, -0.25) is 9.69 Å². The van der Waals surface area contributed by atoms with Gasteiger partial charge in [-0.25, -0.2) is 0 Å². The molecule has 0 spiro atoms. The number of carbonyl (C=O) groups is 1. The van der Waals surface area contributed by atoms with E-state index in [9.17, 15) is 18.0 Å². The molecule has 1 N–H and O–H groups in total. The molecule has 8 heteroatoms. The van der Waals surface area contributed by atoms with E-state index in [-0.39, 0.29) is 15.8 Å². The molecular formula is C23H26BrF3N2O2. The number of hydrogen-bond acceptors (Lipinski definition) is 3. The normalized spacial score (nSPS) is 16.2. The van der Waals surface area contributed by atoms with Gasteiger partial charge in [0.1, 0.15) is 5.75 Å². The van der Waals surface area contributed by atoms with Crippen LogP contribution in [0, 0.1) is 0 Å². The molecule has 1 saturated heterocycles. The number of benzene rings is 2. The molecule has 4 nitrogen and oxygen atoms in total. The molecule has 1 amide bonds. The number of ether oxygens (including phenoxy) is 1. The molecule has 3 rings (SSSR count). The molecule has 1 atom stereocenters. The monoisotopic (exact) mass is 498 g/mol. The summed E-state index contributed by atoms with van der Waals surface area (Å²) < 4.78 is 45.4. The summed E-state index contributed by atoms with van der Waals surface area (Å²) in [4.78, 5) is 15.6. The van der Waals surface area contributed by atoms with Gasteiger partial charge in [0, 0.05) is 5.54 Å². The van der Waals surface area contributed by atoms with Gasteiger partial charge in [0.15, 0.2) is 0 Å². The second-order valence-corrected chi connectivity index (χ2v) is 9.06. The van der Waals surface area contributed by atoms with E-state index in [4.69, 9.17) is 4.74 Å². The van der Waals surface area contributed by atoms with Crippen molar-refractivity contribution in [3.05, 3.63) is 63.6 Å². The number of rotatable bonds is 6. The molecule has 1 fully saturated rings. The van der Waals surface area contributed by atoms with E-state index in [0.29, 0.717) is 0 Å². The lowest BCUT2D eigenvalue weighted by atomic mass is 9.86. The standard InChI is InChI=1S/C23H26BrF3N2O2/c1-22(2,29-11-7-8-12-29)20(15-9-5-4-6-10-15)28-21(30)17-13-16(23(25,26)27)14-18(24)19(17)31-3/h4-6,9-10,13-14,20H,7-8,11-12H2,1-3H3,(H,28,30). The van der Waals surface area contributed by atoms with E-state index in [1.54, 1.807) is 0 Å². The second kappa shape index (κ2) is 9.20. The third-order valence-electron chi connectivity index (χ3n) is 5.86. The van der Waals surface area contributed by atoms with Gasteiger partial charge in [-0.05, 0) is 73.4 Å². The summed E-state index contributed by atoms with van der Waals surface area (Å²) in [6.07, 6.45) is -2.43. The van der Waals surface area contributed by atoms with E-state index in [1.165, 1.54) is 7.11 Å². The van der Waals surface area contributed by atoms with Crippen molar-refractivity contribution in [3.63, 3.8) is 0 Å². The van der Waals surface area contributed by atoms with Crippen LogP contribution >= 0.6 is 15.9 Å². The van der Waals surface area contributed by atoms with Crippen LogP contribution in [-0.2, 0) is 6.18 Å². The number of nitrogens with one attached hydrogen (secondary N) is 1. The van der Waals surface area contributed by atoms with Crippen LogP contribution in [0.15, 0.2) is 46.9 Å². The number of carbonyl (C=O) groups excluding carboxylic acids is 1. The highest BCUT2D eigenvalue weighted by Gasteiger charge is 2.39. The second-order valence-electron chi connectivity index (χ2n) is 8.20. The minimum absolute atomic E-state index is 0.0660. The van der Waals surface area contributed by atoms with Crippen molar-refractivity contribution < 1.29 is 22.7 Å². The summed E-state index contributed by atoms with van der Waals surface area (Å²) in [6.45, 7) is 5.92.